The van der Waals surface area contributed by atoms with E-state index in [0.717, 1.165) is 11.1 Å². The third-order valence-corrected chi connectivity index (χ3v) is 4.09. The number of rotatable bonds is 5. The van der Waals surface area contributed by atoms with Crippen LogP contribution in [0.2, 0.25) is 0 Å². The highest BCUT2D eigenvalue weighted by Gasteiger charge is 2.30. The number of carbonyl (C=O) groups excluding carboxylic acids is 1. The molecule has 0 aliphatic rings. The molecule has 1 aromatic rings. The molecule has 1 aromatic carbocycles. The van der Waals surface area contributed by atoms with Gasteiger partial charge in [0.25, 0.3) is 0 Å². The Morgan fingerprint density at radius 3 is 2.37 bits per heavy atom. The van der Waals surface area contributed by atoms with Crippen molar-refractivity contribution in [3.8, 4) is 0 Å². The monoisotopic (exact) mass is 263 g/mol. The van der Waals surface area contributed by atoms with Crippen molar-refractivity contribution in [1.29, 1.82) is 0 Å². The predicted molar refractivity (Wildman–Crippen MR) is 78.6 cm³/mol. The summed E-state index contributed by atoms with van der Waals surface area (Å²) >= 11 is 0. The second-order valence-electron chi connectivity index (χ2n) is 5.92. The zero-order valence-corrected chi connectivity index (χ0v) is 12.8. The molecule has 1 atom stereocenters. The van der Waals surface area contributed by atoms with Gasteiger partial charge >= 0.3 is 0 Å². The first-order valence-electron chi connectivity index (χ1n) is 6.66. The van der Waals surface area contributed by atoms with Crippen LogP contribution in [0.15, 0.2) is 18.2 Å². The van der Waals surface area contributed by atoms with Crippen LogP contribution in [0.1, 0.15) is 42.3 Å². The third-order valence-electron chi connectivity index (χ3n) is 4.09. The average Bonchev–Trinajstić information content (AvgIpc) is 2.39. The van der Waals surface area contributed by atoms with Crippen LogP contribution in [0.3, 0.4) is 0 Å². The third kappa shape index (κ3) is 3.43. The lowest BCUT2D eigenvalue weighted by molar-refractivity contribution is 0.0438. The van der Waals surface area contributed by atoms with Gasteiger partial charge in [0.15, 0.2) is 5.78 Å². The number of likely N-dealkylation sites (N-methyl/N-ethyl adjacent to an activating group) is 1. The molecular formula is C16H25NO2. The number of aliphatic hydroxyl groups excluding tert-OH is 1. The summed E-state index contributed by atoms with van der Waals surface area (Å²) in [5, 5.41) is 9.39. The minimum absolute atomic E-state index is 0.0219. The summed E-state index contributed by atoms with van der Waals surface area (Å²) < 4.78 is 0. The largest absolute Gasteiger partial charge is 0.394 e. The highest BCUT2D eigenvalue weighted by Crippen LogP contribution is 2.19. The van der Waals surface area contributed by atoms with E-state index in [0.29, 0.717) is 0 Å². The predicted octanol–water partition coefficient (Wildman–Crippen LogP) is 2.58. The van der Waals surface area contributed by atoms with Gasteiger partial charge in [0.1, 0.15) is 0 Å². The van der Waals surface area contributed by atoms with Crippen LogP contribution >= 0.6 is 0 Å². The molecule has 0 spiro atoms. The minimum atomic E-state index is -0.408. The first-order chi connectivity index (χ1) is 8.70. The van der Waals surface area contributed by atoms with Crippen molar-refractivity contribution < 1.29 is 9.90 Å². The molecule has 0 saturated heterocycles. The number of ketones is 1. The summed E-state index contributed by atoms with van der Waals surface area (Å²) in [6.45, 7) is 9.81. The first-order valence-corrected chi connectivity index (χ1v) is 6.66. The summed E-state index contributed by atoms with van der Waals surface area (Å²) in [5.41, 5.74) is 2.64. The SMILES string of the molecule is Cc1ccc(C(=O)C(C)N(C)C(C)(C)CO)cc1C. The van der Waals surface area contributed by atoms with Gasteiger partial charge in [0.05, 0.1) is 12.6 Å². The van der Waals surface area contributed by atoms with E-state index < -0.39 is 5.54 Å². The van der Waals surface area contributed by atoms with Gasteiger partial charge < -0.3 is 5.11 Å². The van der Waals surface area contributed by atoms with E-state index in [9.17, 15) is 9.90 Å². The standard InChI is InChI=1S/C16H25NO2/c1-11-7-8-14(9-12(11)2)15(19)13(3)17(6)16(4,5)10-18/h7-9,13,18H,10H2,1-6H3. The van der Waals surface area contributed by atoms with Gasteiger partial charge in [-0.1, -0.05) is 12.1 Å². The van der Waals surface area contributed by atoms with Crippen molar-refractivity contribution >= 4 is 5.78 Å². The summed E-state index contributed by atoms with van der Waals surface area (Å²) in [4.78, 5) is 14.4. The molecule has 1 rings (SSSR count). The molecule has 1 unspecified atom stereocenters. The number of nitrogens with zero attached hydrogens (tertiary/aromatic N) is 1. The maximum absolute atomic E-state index is 12.5. The van der Waals surface area contributed by atoms with Gasteiger partial charge in [-0.2, -0.15) is 0 Å². The highest BCUT2D eigenvalue weighted by atomic mass is 16.3. The molecule has 0 heterocycles. The van der Waals surface area contributed by atoms with E-state index in [4.69, 9.17) is 0 Å². The Bertz CT molecular complexity index is 466. The van der Waals surface area contributed by atoms with E-state index in [-0.39, 0.29) is 18.4 Å². The van der Waals surface area contributed by atoms with Crippen LogP contribution in [0.5, 0.6) is 0 Å². The molecule has 0 aliphatic carbocycles. The quantitative estimate of drug-likeness (QED) is 0.830. The number of benzene rings is 1. The number of hydrogen-bond acceptors (Lipinski definition) is 3. The molecule has 0 fully saturated rings. The molecule has 19 heavy (non-hydrogen) atoms. The summed E-state index contributed by atoms with van der Waals surface area (Å²) in [7, 11) is 1.87. The van der Waals surface area contributed by atoms with Gasteiger partial charge in [-0.3, -0.25) is 9.69 Å². The second-order valence-corrected chi connectivity index (χ2v) is 5.92. The first kappa shape index (κ1) is 15.9. The van der Waals surface area contributed by atoms with Crippen LogP contribution in [0.4, 0.5) is 0 Å². The molecule has 1 N–H and O–H groups in total. The highest BCUT2D eigenvalue weighted by molar-refractivity contribution is 6.00. The molecule has 3 nitrogen and oxygen atoms in total. The van der Waals surface area contributed by atoms with Gasteiger partial charge in [0, 0.05) is 11.1 Å². The number of aryl methyl sites for hydroxylation is 2. The van der Waals surface area contributed by atoms with Crippen LogP contribution in [0.25, 0.3) is 0 Å². The second kappa shape index (κ2) is 5.85. The Kier molecular flexibility index (Phi) is 4.88. The van der Waals surface area contributed by atoms with Crippen molar-refractivity contribution in [2.24, 2.45) is 0 Å². The van der Waals surface area contributed by atoms with Gasteiger partial charge in [0.2, 0.25) is 0 Å². The summed E-state index contributed by atoms with van der Waals surface area (Å²) in [6, 6.07) is 5.53. The Morgan fingerprint density at radius 2 is 1.89 bits per heavy atom. The smallest absolute Gasteiger partial charge is 0.179 e. The molecule has 0 radical (unpaired) electrons. The summed E-state index contributed by atoms with van der Waals surface area (Å²) in [6.07, 6.45) is 0. The van der Waals surface area contributed by atoms with Gasteiger partial charge in [-0.25, -0.2) is 0 Å². The van der Waals surface area contributed by atoms with Gasteiger partial charge in [-0.05, 0) is 58.9 Å². The fourth-order valence-corrected chi connectivity index (χ4v) is 1.95. The Balaban J connectivity index is 2.96. The number of carbonyl (C=O) groups is 1. The summed E-state index contributed by atoms with van der Waals surface area (Å²) in [5.74, 6) is 0.0899. The van der Waals surface area contributed by atoms with E-state index in [2.05, 4.69) is 0 Å². The Morgan fingerprint density at radius 1 is 1.32 bits per heavy atom. The minimum Gasteiger partial charge on any atom is -0.394 e. The van der Waals surface area contributed by atoms with Crippen LogP contribution < -0.4 is 0 Å². The number of Topliss-reactive ketones (excluding diaryl/α,β-unsaturated/α-hetero) is 1. The van der Waals surface area contributed by atoms with E-state index >= 15 is 0 Å². The molecule has 0 amide bonds. The number of hydrogen-bond donors (Lipinski definition) is 1. The van der Waals surface area contributed by atoms with Gasteiger partial charge in [-0.15, -0.1) is 0 Å². The van der Waals surface area contributed by atoms with Crippen molar-refractivity contribution in [1.82, 2.24) is 4.90 Å². The molecule has 0 aliphatic heterocycles. The van der Waals surface area contributed by atoms with Crippen LogP contribution in [-0.4, -0.2) is 41.0 Å². The average molecular weight is 263 g/mol. The maximum atomic E-state index is 12.5. The normalized spacial score (nSPS) is 13.7. The van der Waals surface area contributed by atoms with Crippen molar-refractivity contribution in [2.75, 3.05) is 13.7 Å². The lowest BCUT2D eigenvalue weighted by Gasteiger charge is -2.37. The zero-order chi connectivity index (χ0) is 14.8. The van der Waals surface area contributed by atoms with E-state index in [1.54, 1.807) is 0 Å². The lowest BCUT2D eigenvalue weighted by Crippen LogP contribution is -2.51. The lowest BCUT2D eigenvalue weighted by atomic mass is 9.96. The van der Waals surface area contributed by atoms with E-state index in [1.807, 2.05) is 64.8 Å². The topological polar surface area (TPSA) is 40.5 Å². The van der Waals surface area contributed by atoms with Crippen molar-refractivity contribution in [3.05, 3.63) is 34.9 Å². The fourth-order valence-electron chi connectivity index (χ4n) is 1.95. The van der Waals surface area contributed by atoms with Crippen LogP contribution in [0, 0.1) is 13.8 Å². The van der Waals surface area contributed by atoms with Crippen molar-refractivity contribution in [3.63, 3.8) is 0 Å². The Labute approximate surface area is 116 Å². The molecular weight excluding hydrogens is 238 g/mol. The van der Waals surface area contributed by atoms with Crippen LogP contribution in [-0.2, 0) is 0 Å². The maximum Gasteiger partial charge on any atom is 0.179 e. The van der Waals surface area contributed by atoms with E-state index in [1.165, 1.54) is 5.56 Å². The van der Waals surface area contributed by atoms with Crippen molar-refractivity contribution in [2.45, 2.75) is 46.2 Å². The fraction of sp³-hybridized carbons (Fsp3) is 0.562. The molecule has 106 valence electrons. The molecule has 3 heteroatoms. The Hall–Kier alpha value is -1.19. The molecule has 0 bridgehead atoms. The molecule has 0 aromatic heterocycles. The molecule has 0 saturated carbocycles. The number of aliphatic hydroxyl groups is 1. The zero-order valence-electron chi connectivity index (χ0n) is 12.8.